The predicted octanol–water partition coefficient (Wildman–Crippen LogP) is 5.18. The Labute approximate surface area is 191 Å². The standard InChI is InChI=1S/C24H24ClN5O2/c1-17(2)23-22(16-27-30(23)20-9-7-18(25)8-10-20)24(31)28-19-5-3-6-21(15-19)32-14-13-29-12-4-11-26-29/h3-12,15-17H,13-14H2,1-2H3,(H,28,31). The Morgan fingerprint density at radius 3 is 2.66 bits per heavy atom. The van der Waals surface area contributed by atoms with Crippen LogP contribution in [0, 0.1) is 0 Å². The number of hydrogen-bond acceptors (Lipinski definition) is 4. The third-order valence-corrected chi connectivity index (χ3v) is 5.16. The summed E-state index contributed by atoms with van der Waals surface area (Å²) in [5.74, 6) is 0.546. The van der Waals surface area contributed by atoms with Crippen LogP contribution in [0.15, 0.2) is 73.2 Å². The van der Waals surface area contributed by atoms with Crippen LogP contribution in [0.2, 0.25) is 5.02 Å². The second-order valence-corrected chi connectivity index (χ2v) is 8.02. The highest BCUT2D eigenvalue weighted by Crippen LogP contribution is 2.25. The van der Waals surface area contributed by atoms with Crippen molar-refractivity contribution in [3.05, 3.63) is 89.5 Å². The van der Waals surface area contributed by atoms with E-state index in [0.29, 0.717) is 35.2 Å². The summed E-state index contributed by atoms with van der Waals surface area (Å²) >= 11 is 6.01. The molecule has 0 aliphatic heterocycles. The van der Waals surface area contributed by atoms with Gasteiger partial charge in [-0.05, 0) is 48.4 Å². The summed E-state index contributed by atoms with van der Waals surface area (Å²) in [6.07, 6.45) is 5.22. The number of ether oxygens (including phenoxy) is 1. The number of benzene rings is 2. The van der Waals surface area contributed by atoms with E-state index in [9.17, 15) is 4.79 Å². The van der Waals surface area contributed by atoms with Crippen LogP contribution in [-0.2, 0) is 6.54 Å². The third kappa shape index (κ3) is 5.00. The summed E-state index contributed by atoms with van der Waals surface area (Å²) in [5.41, 5.74) is 2.86. The molecule has 0 unspecified atom stereocenters. The number of carbonyl (C=O) groups is 1. The normalized spacial score (nSPS) is 11.0. The molecule has 1 amide bonds. The minimum Gasteiger partial charge on any atom is -0.492 e. The molecule has 0 radical (unpaired) electrons. The average molecular weight is 450 g/mol. The van der Waals surface area contributed by atoms with Gasteiger partial charge >= 0.3 is 0 Å². The highest BCUT2D eigenvalue weighted by atomic mass is 35.5. The molecular formula is C24H24ClN5O2. The van der Waals surface area contributed by atoms with Gasteiger partial charge in [0.2, 0.25) is 0 Å². The van der Waals surface area contributed by atoms with Crippen molar-refractivity contribution in [1.82, 2.24) is 19.6 Å². The minimum atomic E-state index is -0.220. The fraction of sp³-hybridized carbons (Fsp3) is 0.208. The van der Waals surface area contributed by atoms with E-state index in [-0.39, 0.29) is 11.8 Å². The molecule has 0 aliphatic carbocycles. The summed E-state index contributed by atoms with van der Waals surface area (Å²) in [6, 6.07) is 16.6. The van der Waals surface area contributed by atoms with Crippen molar-refractivity contribution < 1.29 is 9.53 Å². The van der Waals surface area contributed by atoms with Crippen LogP contribution in [0.1, 0.15) is 35.8 Å². The first-order valence-electron chi connectivity index (χ1n) is 10.4. The van der Waals surface area contributed by atoms with Crippen LogP contribution in [0.3, 0.4) is 0 Å². The highest BCUT2D eigenvalue weighted by Gasteiger charge is 2.21. The Balaban J connectivity index is 1.48. The highest BCUT2D eigenvalue weighted by molar-refractivity contribution is 6.30. The second-order valence-electron chi connectivity index (χ2n) is 7.59. The Morgan fingerprint density at radius 1 is 1.12 bits per heavy atom. The van der Waals surface area contributed by atoms with Gasteiger partial charge in [0.25, 0.3) is 5.91 Å². The number of nitrogens with zero attached hydrogens (tertiary/aromatic N) is 4. The second kappa shape index (κ2) is 9.70. The summed E-state index contributed by atoms with van der Waals surface area (Å²) in [6.45, 7) is 5.19. The maximum Gasteiger partial charge on any atom is 0.259 e. The van der Waals surface area contributed by atoms with Crippen molar-refractivity contribution in [3.63, 3.8) is 0 Å². The van der Waals surface area contributed by atoms with Gasteiger partial charge in [0, 0.05) is 29.2 Å². The molecule has 4 aromatic rings. The van der Waals surface area contributed by atoms with Gasteiger partial charge in [-0.3, -0.25) is 9.48 Å². The Morgan fingerprint density at radius 2 is 1.94 bits per heavy atom. The molecule has 1 N–H and O–H groups in total. The predicted molar refractivity (Wildman–Crippen MR) is 125 cm³/mol. The quantitative estimate of drug-likeness (QED) is 0.402. The molecule has 0 bridgehead atoms. The summed E-state index contributed by atoms with van der Waals surface area (Å²) < 4.78 is 9.39. The third-order valence-electron chi connectivity index (χ3n) is 4.91. The maximum atomic E-state index is 13.1. The van der Waals surface area contributed by atoms with Gasteiger partial charge in [-0.1, -0.05) is 31.5 Å². The first kappa shape index (κ1) is 21.6. The number of nitrogens with one attached hydrogen (secondary N) is 1. The molecule has 0 saturated heterocycles. The number of aromatic nitrogens is 4. The Bertz CT molecular complexity index is 1180. The van der Waals surface area contributed by atoms with Crippen LogP contribution >= 0.6 is 11.6 Å². The molecule has 7 nitrogen and oxygen atoms in total. The molecule has 8 heteroatoms. The number of amides is 1. The van der Waals surface area contributed by atoms with Gasteiger partial charge in [0.1, 0.15) is 12.4 Å². The number of anilines is 1. The molecular weight excluding hydrogens is 426 g/mol. The van der Waals surface area contributed by atoms with Crippen molar-refractivity contribution in [2.45, 2.75) is 26.3 Å². The van der Waals surface area contributed by atoms with Crippen LogP contribution in [0.5, 0.6) is 5.75 Å². The zero-order chi connectivity index (χ0) is 22.5. The Hall–Kier alpha value is -3.58. The topological polar surface area (TPSA) is 74.0 Å². The molecule has 2 heterocycles. The molecule has 0 spiro atoms. The van der Waals surface area contributed by atoms with Crippen molar-refractivity contribution >= 4 is 23.2 Å². The van der Waals surface area contributed by atoms with Crippen molar-refractivity contribution in [1.29, 1.82) is 0 Å². The first-order chi connectivity index (χ1) is 15.5. The molecule has 2 aromatic carbocycles. The fourth-order valence-corrected chi connectivity index (χ4v) is 3.55. The van der Waals surface area contributed by atoms with E-state index >= 15 is 0 Å². The van der Waals surface area contributed by atoms with E-state index in [1.165, 1.54) is 0 Å². The zero-order valence-electron chi connectivity index (χ0n) is 17.9. The van der Waals surface area contributed by atoms with E-state index in [4.69, 9.17) is 16.3 Å². The Kier molecular flexibility index (Phi) is 6.56. The number of rotatable bonds is 8. The van der Waals surface area contributed by atoms with E-state index in [2.05, 4.69) is 15.5 Å². The van der Waals surface area contributed by atoms with Gasteiger partial charge in [-0.15, -0.1) is 0 Å². The monoisotopic (exact) mass is 449 g/mol. The molecule has 0 aliphatic rings. The maximum absolute atomic E-state index is 13.1. The lowest BCUT2D eigenvalue weighted by Crippen LogP contribution is -2.15. The van der Waals surface area contributed by atoms with E-state index in [1.807, 2.05) is 56.4 Å². The molecule has 4 rings (SSSR count). The SMILES string of the molecule is CC(C)c1c(C(=O)Nc2cccc(OCCn3cccn3)c2)cnn1-c1ccc(Cl)cc1. The average Bonchev–Trinajstić information content (AvgIpc) is 3.45. The van der Waals surface area contributed by atoms with E-state index in [0.717, 1.165) is 11.4 Å². The summed E-state index contributed by atoms with van der Waals surface area (Å²) in [5, 5.41) is 12.2. The van der Waals surface area contributed by atoms with Gasteiger partial charge in [0.05, 0.1) is 29.7 Å². The van der Waals surface area contributed by atoms with Crippen LogP contribution in [0.4, 0.5) is 5.69 Å². The largest absolute Gasteiger partial charge is 0.492 e. The van der Waals surface area contributed by atoms with Crippen molar-refractivity contribution in [3.8, 4) is 11.4 Å². The van der Waals surface area contributed by atoms with Crippen LogP contribution in [-0.4, -0.2) is 32.1 Å². The van der Waals surface area contributed by atoms with E-state index < -0.39 is 0 Å². The molecule has 0 fully saturated rings. The van der Waals surface area contributed by atoms with E-state index in [1.54, 1.807) is 40.0 Å². The summed E-state index contributed by atoms with van der Waals surface area (Å²) in [7, 11) is 0. The molecule has 2 aromatic heterocycles. The molecule has 0 atom stereocenters. The smallest absolute Gasteiger partial charge is 0.259 e. The van der Waals surface area contributed by atoms with Gasteiger partial charge in [-0.25, -0.2) is 4.68 Å². The van der Waals surface area contributed by atoms with Crippen LogP contribution in [0.25, 0.3) is 5.69 Å². The number of hydrogen-bond donors (Lipinski definition) is 1. The fourth-order valence-electron chi connectivity index (χ4n) is 3.43. The summed E-state index contributed by atoms with van der Waals surface area (Å²) in [4.78, 5) is 13.1. The van der Waals surface area contributed by atoms with Crippen molar-refractivity contribution in [2.75, 3.05) is 11.9 Å². The lowest BCUT2D eigenvalue weighted by atomic mass is 10.0. The van der Waals surface area contributed by atoms with Crippen molar-refractivity contribution in [2.24, 2.45) is 0 Å². The number of carbonyl (C=O) groups excluding carboxylic acids is 1. The zero-order valence-corrected chi connectivity index (χ0v) is 18.7. The van der Waals surface area contributed by atoms with Gasteiger partial charge < -0.3 is 10.1 Å². The first-order valence-corrected chi connectivity index (χ1v) is 10.7. The van der Waals surface area contributed by atoms with Gasteiger partial charge in [-0.2, -0.15) is 10.2 Å². The van der Waals surface area contributed by atoms with Gasteiger partial charge in [0.15, 0.2) is 0 Å². The minimum absolute atomic E-state index is 0.0888. The number of halogens is 1. The lowest BCUT2D eigenvalue weighted by Gasteiger charge is -2.13. The molecule has 0 saturated carbocycles. The lowest BCUT2D eigenvalue weighted by molar-refractivity contribution is 0.102. The molecule has 164 valence electrons. The molecule has 32 heavy (non-hydrogen) atoms. The van der Waals surface area contributed by atoms with Crippen LogP contribution < -0.4 is 10.1 Å².